The third-order valence-corrected chi connectivity index (χ3v) is 4.79. The van der Waals surface area contributed by atoms with E-state index in [1.54, 1.807) is 0 Å². The first-order valence-electron chi connectivity index (χ1n) is 6.96. The van der Waals surface area contributed by atoms with Gasteiger partial charge in [0.15, 0.2) is 0 Å². The van der Waals surface area contributed by atoms with Gasteiger partial charge in [0.25, 0.3) is 0 Å². The first kappa shape index (κ1) is 18.1. The molecular formula is C13H23ClN4O2S. The van der Waals surface area contributed by atoms with Crippen LogP contribution in [-0.2, 0) is 10.0 Å². The summed E-state index contributed by atoms with van der Waals surface area (Å²) < 4.78 is 24.4. The topological polar surface area (TPSA) is 75.2 Å². The Kier molecular flexibility index (Phi) is 6.83. The van der Waals surface area contributed by atoms with E-state index >= 15 is 0 Å². The third-order valence-electron chi connectivity index (χ3n) is 3.11. The lowest BCUT2D eigenvalue weighted by Crippen LogP contribution is -2.31. The molecule has 0 spiro atoms. The molecule has 0 saturated carbocycles. The van der Waals surface area contributed by atoms with Crippen molar-refractivity contribution in [3.05, 3.63) is 17.0 Å². The van der Waals surface area contributed by atoms with Gasteiger partial charge >= 0.3 is 0 Å². The van der Waals surface area contributed by atoms with E-state index in [4.69, 9.17) is 11.6 Å². The van der Waals surface area contributed by atoms with Gasteiger partial charge in [0.1, 0.15) is 17.3 Å². The van der Waals surface area contributed by atoms with Crippen LogP contribution in [-0.4, -0.2) is 48.6 Å². The fraction of sp³-hybridized carbons (Fsp3) is 0.692. The highest BCUT2D eigenvalue weighted by molar-refractivity contribution is 7.88. The Morgan fingerprint density at radius 2 is 2.05 bits per heavy atom. The van der Waals surface area contributed by atoms with Crippen molar-refractivity contribution in [3.8, 4) is 0 Å². The molecule has 0 aromatic carbocycles. The summed E-state index contributed by atoms with van der Waals surface area (Å²) in [6.07, 6.45) is 3.34. The van der Waals surface area contributed by atoms with Crippen molar-refractivity contribution < 1.29 is 8.42 Å². The van der Waals surface area contributed by atoms with Gasteiger partial charge in [-0.25, -0.2) is 22.7 Å². The molecule has 0 radical (unpaired) electrons. The lowest BCUT2D eigenvalue weighted by atomic mass is 10.1. The highest BCUT2D eigenvalue weighted by atomic mass is 35.5. The van der Waals surface area contributed by atoms with Gasteiger partial charge in [-0.3, -0.25) is 0 Å². The largest absolute Gasteiger partial charge is 0.370 e. The van der Waals surface area contributed by atoms with Crippen LogP contribution in [0, 0.1) is 0 Å². The Bertz CT molecular complexity index is 563. The maximum atomic E-state index is 11.5. The van der Waals surface area contributed by atoms with Gasteiger partial charge in [0, 0.05) is 25.2 Å². The smallest absolute Gasteiger partial charge is 0.211 e. The molecule has 0 saturated heterocycles. The molecule has 1 N–H and O–H groups in total. The molecular weight excluding hydrogens is 312 g/mol. The van der Waals surface area contributed by atoms with Crippen LogP contribution in [0.4, 0.5) is 5.82 Å². The van der Waals surface area contributed by atoms with Crippen LogP contribution in [0.1, 0.15) is 38.7 Å². The van der Waals surface area contributed by atoms with Crippen molar-refractivity contribution in [1.82, 2.24) is 14.3 Å². The number of aromatic nitrogens is 2. The molecule has 0 aliphatic carbocycles. The number of nitrogens with one attached hydrogen (secondary N) is 1. The average molecular weight is 335 g/mol. The van der Waals surface area contributed by atoms with E-state index < -0.39 is 10.0 Å². The normalized spacial score (nSPS) is 12.1. The zero-order valence-corrected chi connectivity index (χ0v) is 14.5. The molecule has 1 aromatic heterocycles. The van der Waals surface area contributed by atoms with Gasteiger partial charge in [-0.15, -0.1) is 0 Å². The molecule has 0 fully saturated rings. The Morgan fingerprint density at radius 3 is 2.57 bits per heavy atom. The first-order chi connectivity index (χ1) is 9.77. The zero-order chi connectivity index (χ0) is 16.0. The van der Waals surface area contributed by atoms with Gasteiger partial charge in [-0.2, -0.15) is 0 Å². The summed E-state index contributed by atoms with van der Waals surface area (Å²) in [4.78, 5) is 8.20. The SMILES string of the molecule is CCN(CCCNc1ncnc(Cl)c1C(C)C)S(C)(=O)=O. The monoisotopic (exact) mass is 334 g/mol. The highest BCUT2D eigenvalue weighted by Crippen LogP contribution is 2.27. The fourth-order valence-electron chi connectivity index (χ4n) is 2.05. The van der Waals surface area contributed by atoms with Crippen molar-refractivity contribution in [2.24, 2.45) is 0 Å². The molecule has 0 amide bonds. The molecule has 0 atom stereocenters. The molecule has 6 nitrogen and oxygen atoms in total. The van der Waals surface area contributed by atoms with Gasteiger partial charge in [-0.05, 0) is 12.3 Å². The fourth-order valence-corrected chi connectivity index (χ4v) is 3.33. The molecule has 0 bridgehead atoms. The minimum atomic E-state index is -3.13. The predicted octanol–water partition coefficient (Wildman–Crippen LogP) is 2.34. The second-order valence-corrected chi connectivity index (χ2v) is 7.46. The van der Waals surface area contributed by atoms with Crippen molar-refractivity contribution in [2.45, 2.75) is 33.1 Å². The summed E-state index contributed by atoms with van der Waals surface area (Å²) in [6.45, 7) is 7.47. The molecule has 0 aliphatic rings. The first-order valence-corrected chi connectivity index (χ1v) is 9.19. The lowest BCUT2D eigenvalue weighted by molar-refractivity contribution is 0.428. The Morgan fingerprint density at radius 1 is 1.38 bits per heavy atom. The van der Waals surface area contributed by atoms with Crippen molar-refractivity contribution in [1.29, 1.82) is 0 Å². The van der Waals surface area contributed by atoms with Crippen LogP contribution in [0.25, 0.3) is 0 Å². The van der Waals surface area contributed by atoms with Gasteiger partial charge < -0.3 is 5.32 Å². The molecule has 1 rings (SSSR count). The Hall–Kier alpha value is -0.920. The van der Waals surface area contributed by atoms with Crippen LogP contribution < -0.4 is 5.32 Å². The summed E-state index contributed by atoms with van der Waals surface area (Å²) in [7, 11) is -3.13. The van der Waals surface area contributed by atoms with E-state index in [1.807, 2.05) is 20.8 Å². The summed E-state index contributed by atoms with van der Waals surface area (Å²) in [5.74, 6) is 0.928. The molecule has 8 heteroatoms. The van der Waals surface area contributed by atoms with Crippen LogP contribution >= 0.6 is 11.6 Å². The molecule has 120 valence electrons. The van der Waals surface area contributed by atoms with Crippen LogP contribution in [0.2, 0.25) is 5.15 Å². The second-order valence-electron chi connectivity index (χ2n) is 5.12. The van der Waals surface area contributed by atoms with E-state index in [9.17, 15) is 8.42 Å². The van der Waals surface area contributed by atoms with Crippen LogP contribution in [0.5, 0.6) is 0 Å². The second kappa shape index (κ2) is 7.91. The number of anilines is 1. The summed E-state index contributed by atoms with van der Waals surface area (Å²) in [6, 6.07) is 0. The van der Waals surface area contributed by atoms with E-state index in [0.717, 1.165) is 5.56 Å². The molecule has 1 heterocycles. The van der Waals surface area contributed by atoms with Crippen LogP contribution in [0.15, 0.2) is 6.33 Å². The minimum Gasteiger partial charge on any atom is -0.370 e. The maximum Gasteiger partial charge on any atom is 0.211 e. The van der Waals surface area contributed by atoms with Crippen LogP contribution in [0.3, 0.4) is 0 Å². The number of sulfonamides is 1. The van der Waals surface area contributed by atoms with E-state index in [0.29, 0.717) is 37.0 Å². The van der Waals surface area contributed by atoms with E-state index in [1.165, 1.54) is 16.9 Å². The van der Waals surface area contributed by atoms with Gasteiger partial charge in [-0.1, -0.05) is 32.4 Å². The molecule has 0 aliphatic heterocycles. The Labute approximate surface area is 132 Å². The van der Waals surface area contributed by atoms with Crippen molar-refractivity contribution >= 4 is 27.4 Å². The standard InChI is InChI=1S/C13H23ClN4O2S/c1-5-18(21(4,19)20)8-6-7-15-13-11(10(2)3)12(14)16-9-17-13/h9-10H,5-8H2,1-4H3,(H,15,16,17). The molecule has 1 aromatic rings. The van der Waals surface area contributed by atoms with Crippen molar-refractivity contribution in [2.75, 3.05) is 31.2 Å². The number of hydrogen-bond acceptors (Lipinski definition) is 5. The van der Waals surface area contributed by atoms with Gasteiger partial charge in [0.2, 0.25) is 10.0 Å². The third kappa shape index (κ3) is 5.41. The molecule has 0 unspecified atom stereocenters. The highest BCUT2D eigenvalue weighted by Gasteiger charge is 2.15. The minimum absolute atomic E-state index is 0.212. The molecule has 21 heavy (non-hydrogen) atoms. The number of rotatable bonds is 8. The summed E-state index contributed by atoms with van der Waals surface area (Å²) in [5, 5.41) is 3.66. The quantitative estimate of drug-likeness (QED) is 0.583. The zero-order valence-electron chi connectivity index (χ0n) is 12.9. The predicted molar refractivity (Wildman–Crippen MR) is 86.3 cm³/mol. The van der Waals surface area contributed by atoms with Crippen molar-refractivity contribution in [3.63, 3.8) is 0 Å². The number of nitrogens with zero attached hydrogens (tertiary/aromatic N) is 3. The number of halogens is 1. The van der Waals surface area contributed by atoms with E-state index in [-0.39, 0.29) is 5.92 Å². The maximum absolute atomic E-state index is 11.5. The number of hydrogen-bond donors (Lipinski definition) is 1. The van der Waals surface area contributed by atoms with E-state index in [2.05, 4.69) is 15.3 Å². The summed E-state index contributed by atoms with van der Waals surface area (Å²) in [5.41, 5.74) is 0.884. The lowest BCUT2D eigenvalue weighted by Gasteiger charge is -2.18. The van der Waals surface area contributed by atoms with Gasteiger partial charge in [0.05, 0.1) is 6.26 Å². The average Bonchev–Trinajstić information content (AvgIpc) is 2.36. The summed E-state index contributed by atoms with van der Waals surface area (Å²) >= 11 is 6.09. The Balaban J connectivity index is 2.60.